The van der Waals surface area contributed by atoms with Crippen LogP contribution in [0.2, 0.25) is 5.02 Å². The highest BCUT2D eigenvalue weighted by molar-refractivity contribution is 7.07. The Kier molecular flexibility index (Phi) is 8.17. The SMILES string of the molecule is C#CCOc1ccc(Cl)cc1/C=c1\sc2n(c1=O)[C@@H](c1ccc(OCC)cc1)C(C(=O)OCC)=C(C)N=2. The molecule has 37 heavy (non-hydrogen) atoms. The molecule has 4 rings (SSSR count). The van der Waals surface area contributed by atoms with Crippen LogP contribution >= 0.6 is 22.9 Å². The van der Waals surface area contributed by atoms with Crippen molar-refractivity contribution in [1.29, 1.82) is 0 Å². The van der Waals surface area contributed by atoms with Gasteiger partial charge in [0, 0.05) is 10.6 Å². The fraction of sp³-hybridized carbons (Fsp3) is 0.250. The largest absolute Gasteiger partial charge is 0.494 e. The van der Waals surface area contributed by atoms with Crippen molar-refractivity contribution in [2.75, 3.05) is 19.8 Å². The molecule has 0 aliphatic carbocycles. The number of thiazole rings is 1. The van der Waals surface area contributed by atoms with Crippen molar-refractivity contribution in [3.8, 4) is 23.8 Å². The van der Waals surface area contributed by atoms with Crippen molar-refractivity contribution >= 4 is 35.0 Å². The summed E-state index contributed by atoms with van der Waals surface area (Å²) in [5.41, 5.74) is 1.83. The summed E-state index contributed by atoms with van der Waals surface area (Å²) < 4.78 is 18.5. The zero-order valence-electron chi connectivity index (χ0n) is 20.6. The van der Waals surface area contributed by atoms with Crippen molar-refractivity contribution < 1.29 is 19.0 Å². The lowest BCUT2D eigenvalue weighted by Crippen LogP contribution is -2.39. The van der Waals surface area contributed by atoms with Crippen molar-refractivity contribution in [3.63, 3.8) is 0 Å². The summed E-state index contributed by atoms with van der Waals surface area (Å²) in [6.07, 6.45) is 7.04. The summed E-state index contributed by atoms with van der Waals surface area (Å²) in [5.74, 6) is 3.11. The van der Waals surface area contributed by atoms with Crippen LogP contribution in [-0.4, -0.2) is 30.4 Å². The van der Waals surface area contributed by atoms with Crippen molar-refractivity contribution in [2.24, 2.45) is 4.99 Å². The molecule has 7 nitrogen and oxygen atoms in total. The van der Waals surface area contributed by atoms with E-state index >= 15 is 0 Å². The molecule has 0 saturated heterocycles. The van der Waals surface area contributed by atoms with Gasteiger partial charge in [-0.3, -0.25) is 9.36 Å². The summed E-state index contributed by atoms with van der Waals surface area (Å²) in [6.45, 7) is 6.18. The second-order valence-corrected chi connectivity index (χ2v) is 9.42. The summed E-state index contributed by atoms with van der Waals surface area (Å²) in [4.78, 5) is 31.9. The molecule has 0 unspecified atom stereocenters. The van der Waals surface area contributed by atoms with Crippen molar-refractivity contribution in [3.05, 3.63) is 89.6 Å². The molecule has 0 saturated carbocycles. The molecule has 1 atom stereocenters. The fourth-order valence-electron chi connectivity index (χ4n) is 4.04. The van der Waals surface area contributed by atoms with Crippen LogP contribution in [-0.2, 0) is 9.53 Å². The Balaban J connectivity index is 1.91. The lowest BCUT2D eigenvalue weighted by atomic mass is 9.96. The predicted molar refractivity (Wildman–Crippen MR) is 144 cm³/mol. The number of hydrogen-bond acceptors (Lipinski definition) is 7. The van der Waals surface area contributed by atoms with Crippen LogP contribution in [0.3, 0.4) is 0 Å². The number of allylic oxidation sites excluding steroid dienone is 1. The topological polar surface area (TPSA) is 79.1 Å². The van der Waals surface area contributed by atoms with Gasteiger partial charge in [0.25, 0.3) is 5.56 Å². The molecule has 3 aromatic rings. The number of terminal acetylenes is 1. The van der Waals surface area contributed by atoms with Crippen LogP contribution in [0.1, 0.15) is 37.9 Å². The number of rotatable bonds is 8. The second kappa shape index (κ2) is 11.5. The first-order valence-electron chi connectivity index (χ1n) is 11.7. The van der Waals surface area contributed by atoms with Crippen molar-refractivity contribution in [1.82, 2.24) is 4.57 Å². The summed E-state index contributed by atoms with van der Waals surface area (Å²) in [7, 11) is 0. The van der Waals surface area contributed by atoms with Gasteiger partial charge in [0.05, 0.1) is 35.1 Å². The first-order valence-corrected chi connectivity index (χ1v) is 12.9. The highest BCUT2D eigenvalue weighted by Gasteiger charge is 2.33. The monoisotopic (exact) mass is 536 g/mol. The Hall–Kier alpha value is -3.80. The number of carbonyl (C=O) groups excluding carboxylic acids is 1. The molecule has 1 aliphatic heterocycles. The number of ether oxygens (including phenoxy) is 3. The number of fused-ring (bicyclic) bond motifs is 1. The van der Waals surface area contributed by atoms with E-state index in [0.29, 0.717) is 49.3 Å². The average molecular weight is 537 g/mol. The minimum atomic E-state index is -0.718. The van der Waals surface area contributed by atoms with Gasteiger partial charge in [0.2, 0.25) is 0 Å². The number of aromatic nitrogens is 1. The Morgan fingerprint density at radius 2 is 1.95 bits per heavy atom. The van der Waals surface area contributed by atoms with Gasteiger partial charge < -0.3 is 14.2 Å². The van der Waals surface area contributed by atoms with Crippen molar-refractivity contribution in [2.45, 2.75) is 26.8 Å². The minimum absolute atomic E-state index is 0.0730. The quantitative estimate of drug-likeness (QED) is 0.323. The zero-order chi connectivity index (χ0) is 26.5. The van der Waals surface area contributed by atoms with Gasteiger partial charge in [0.15, 0.2) is 4.80 Å². The summed E-state index contributed by atoms with van der Waals surface area (Å²) in [5, 5.41) is 0.486. The molecular formula is C28H25ClN2O5S. The van der Waals surface area contributed by atoms with Crippen LogP contribution in [0.5, 0.6) is 11.5 Å². The third-order valence-electron chi connectivity index (χ3n) is 5.59. The van der Waals surface area contributed by atoms with Gasteiger partial charge in [0.1, 0.15) is 18.1 Å². The van der Waals surface area contributed by atoms with E-state index in [-0.39, 0.29) is 18.8 Å². The lowest BCUT2D eigenvalue weighted by molar-refractivity contribution is -0.139. The third kappa shape index (κ3) is 5.48. The Bertz CT molecular complexity index is 1580. The highest BCUT2D eigenvalue weighted by atomic mass is 35.5. The molecule has 0 fully saturated rings. The van der Waals surface area contributed by atoms with Gasteiger partial charge in [-0.25, -0.2) is 9.79 Å². The molecule has 190 valence electrons. The highest BCUT2D eigenvalue weighted by Crippen LogP contribution is 2.32. The van der Waals surface area contributed by atoms with Crippen LogP contribution in [0.25, 0.3) is 6.08 Å². The van der Waals surface area contributed by atoms with Gasteiger partial charge in [-0.05, 0) is 62.7 Å². The van der Waals surface area contributed by atoms with E-state index in [1.54, 1.807) is 38.1 Å². The van der Waals surface area contributed by atoms with Crippen LogP contribution < -0.4 is 24.4 Å². The van der Waals surface area contributed by atoms with Crippen LogP contribution in [0, 0.1) is 12.3 Å². The molecule has 0 bridgehead atoms. The van der Waals surface area contributed by atoms with E-state index in [1.165, 1.54) is 15.9 Å². The number of nitrogens with zero attached hydrogens (tertiary/aromatic N) is 2. The van der Waals surface area contributed by atoms with E-state index in [4.69, 9.17) is 32.2 Å². The molecule has 0 N–H and O–H groups in total. The Morgan fingerprint density at radius 1 is 1.19 bits per heavy atom. The van der Waals surface area contributed by atoms with E-state index in [1.807, 2.05) is 31.2 Å². The van der Waals surface area contributed by atoms with E-state index < -0.39 is 12.0 Å². The molecule has 9 heteroatoms. The molecular weight excluding hydrogens is 512 g/mol. The number of hydrogen-bond donors (Lipinski definition) is 0. The third-order valence-corrected chi connectivity index (χ3v) is 6.81. The molecule has 0 amide bonds. The molecule has 2 heterocycles. The first kappa shape index (κ1) is 26.3. The number of halogens is 1. The molecule has 2 aromatic carbocycles. The minimum Gasteiger partial charge on any atom is -0.494 e. The van der Waals surface area contributed by atoms with Crippen LogP contribution in [0.4, 0.5) is 0 Å². The maximum absolute atomic E-state index is 13.8. The number of esters is 1. The van der Waals surface area contributed by atoms with Crippen LogP contribution in [0.15, 0.2) is 63.5 Å². The van der Waals surface area contributed by atoms with E-state index in [9.17, 15) is 9.59 Å². The normalized spacial score (nSPS) is 15.0. The van der Waals surface area contributed by atoms with Gasteiger partial charge in [-0.2, -0.15) is 0 Å². The summed E-state index contributed by atoms with van der Waals surface area (Å²) >= 11 is 7.43. The molecule has 0 spiro atoms. The summed E-state index contributed by atoms with van der Waals surface area (Å²) in [6, 6.07) is 11.7. The molecule has 0 radical (unpaired) electrons. The Morgan fingerprint density at radius 3 is 2.62 bits per heavy atom. The van der Waals surface area contributed by atoms with Gasteiger partial charge >= 0.3 is 5.97 Å². The number of carbonyl (C=O) groups is 1. The number of benzene rings is 2. The van der Waals surface area contributed by atoms with E-state index in [2.05, 4.69) is 10.9 Å². The standard InChI is InChI=1S/C28H25ClN2O5S/c1-5-14-36-22-13-10-20(29)15-19(22)16-23-26(32)31-25(18-8-11-21(12-9-18)34-6-2)24(27(33)35-7-3)17(4)30-28(31)37-23/h1,8-13,15-16,25H,6-7,14H2,2-4H3/b23-16-/t25-/m0/s1. The predicted octanol–water partition coefficient (Wildman–Crippen LogP) is 3.86. The van der Waals surface area contributed by atoms with Gasteiger partial charge in [-0.1, -0.05) is 41.0 Å². The fourth-order valence-corrected chi connectivity index (χ4v) is 5.26. The average Bonchev–Trinajstić information content (AvgIpc) is 3.18. The zero-order valence-corrected chi connectivity index (χ0v) is 22.2. The smallest absolute Gasteiger partial charge is 0.338 e. The molecule has 1 aromatic heterocycles. The Labute approximate surface area is 223 Å². The van der Waals surface area contributed by atoms with E-state index in [0.717, 1.165) is 5.56 Å². The molecule has 1 aliphatic rings. The maximum atomic E-state index is 13.8. The lowest BCUT2D eigenvalue weighted by Gasteiger charge is -2.24. The van der Waals surface area contributed by atoms with Gasteiger partial charge in [-0.15, -0.1) is 6.42 Å². The maximum Gasteiger partial charge on any atom is 0.338 e. The first-order chi connectivity index (χ1) is 17.9. The second-order valence-electron chi connectivity index (χ2n) is 7.98.